The van der Waals surface area contributed by atoms with Gasteiger partial charge in [-0.05, 0) is 38.5 Å². The molecule has 0 bridgehead atoms. The van der Waals surface area contributed by atoms with Crippen LogP contribution in [0.25, 0.3) is 0 Å². The lowest BCUT2D eigenvalue weighted by Crippen LogP contribution is -2.49. The van der Waals surface area contributed by atoms with Crippen molar-refractivity contribution in [3.8, 4) is 0 Å². The van der Waals surface area contributed by atoms with Crippen molar-refractivity contribution in [1.82, 2.24) is 14.3 Å². The van der Waals surface area contributed by atoms with Crippen molar-refractivity contribution >= 4 is 37.4 Å². The number of benzene rings is 1. The van der Waals surface area contributed by atoms with Gasteiger partial charge in [0.25, 0.3) is 5.91 Å². The molecular formula is C19H28ClN3O6S2. The Balaban J connectivity index is 1.95. The summed E-state index contributed by atoms with van der Waals surface area (Å²) >= 11 is 6.23. The first-order valence-electron chi connectivity index (χ1n) is 9.98. The topological polar surface area (TPSA) is 104 Å². The van der Waals surface area contributed by atoms with Gasteiger partial charge in [0, 0.05) is 32.7 Å². The van der Waals surface area contributed by atoms with E-state index in [-0.39, 0.29) is 52.3 Å². The third-order valence-electron chi connectivity index (χ3n) is 5.38. The van der Waals surface area contributed by atoms with Crippen molar-refractivity contribution in [1.29, 1.82) is 0 Å². The van der Waals surface area contributed by atoms with Gasteiger partial charge in [-0.15, -0.1) is 0 Å². The van der Waals surface area contributed by atoms with Gasteiger partial charge in [0.05, 0.1) is 34.8 Å². The van der Waals surface area contributed by atoms with Crippen LogP contribution < -0.4 is 0 Å². The van der Waals surface area contributed by atoms with Crippen molar-refractivity contribution in [2.24, 2.45) is 0 Å². The average molecular weight is 494 g/mol. The van der Waals surface area contributed by atoms with E-state index in [1.165, 1.54) is 32.5 Å². The van der Waals surface area contributed by atoms with Crippen LogP contribution in [0.15, 0.2) is 23.1 Å². The Morgan fingerprint density at radius 1 is 1.19 bits per heavy atom. The lowest BCUT2D eigenvalue weighted by atomic mass is 10.1. The van der Waals surface area contributed by atoms with Crippen LogP contribution >= 0.6 is 11.6 Å². The van der Waals surface area contributed by atoms with Crippen LogP contribution in [0.1, 0.15) is 30.6 Å². The Kier molecular flexibility index (Phi) is 7.05. The van der Waals surface area contributed by atoms with Gasteiger partial charge in [-0.2, -0.15) is 4.31 Å². The maximum atomic E-state index is 13.3. The van der Waals surface area contributed by atoms with E-state index in [1.54, 1.807) is 27.9 Å². The molecule has 31 heavy (non-hydrogen) atoms. The highest BCUT2D eigenvalue weighted by atomic mass is 35.5. The molecule has 0 spiro atoms. The normalized spacial score (nSPS) is 26.8. The Morgan fingerprint density at radius 3 is 2.32 bits per heavy atom. The van der Waals surface area contributed by atoms with Crippen molar-refractivity contribution in [3.63, 3.8) is 0 Å². The number of rotatable bonds is 5. The third kappa shape index (κ3) is 5.23. The quantitative estimate of drug-likeness (QED) is 0.568. The molecule has 1 aromatic carbocycles. The van der Waals surface area contributed by atoms with E-state index >= 15 is 0 Å². The smallest absolute Gasteiger partial charge is 0.268 e. The summed E-state index contributed by atoms with van der Waals surface area (Å²) in [4.78, 5) is 13.1. The molecule has 2 aliphatic heterocycles. The number of hydrazine groups is 1. The third-order valence-corrected chi connectivity index (χ3v) is 9.44. The zero-order chi connectivity index (χ0) is 23.1. The molecule has 1 aromatic rings. The summed E-state index contributed by atoms with van der Waals surface area (Å²) in [5.74, 6) is -0.591. The first kappa shape index (κ1) is 24.4. The fourth-order valence-electron chi connectivity index (χ4n) is 4.07. The molecule has 0 N–H and O–H groups in total. The number of sulfonamides is 1. The number of halogens is 1. The monoisotopic (exact) mass is 493 g/mol. The summed E-state index contributed by atoms with van der Waals surface area (Å²) in [5.41, 5.74) is 0.121. The summed E-state index contributed by atoms with van der Waals surface area (Å²) in [6.07, 6.45) is -0.208. The van der Waals surface area contributed by atoms with Crippen LogP contribution in [0.2, 0.25) is 5.02 Å². The molecule has 2 heterocycles. The molecule has 1 amide bonds. The standard InChI is InChI=1S/C19H28ClN3O6S2/c1-13-10-22(11-14(2)29-13)31(27,28)18-9-15(5-6-17(18)20)19(24)23(21(3)4)16-7-8-30(25,26)12-16/h5-6,9,13-14,16H,7-8,10-12H2,1-4H3/t13-,14-,16-/m1/s1. The minimum Gasteiger partial charge on any atom is -0.373 e. The van der Waals surface area contributed by atoms with Gasteiger partial charge >= 0.3 is 0 Å². The molecule has 3 atom stereocenters. The molecule has 12 heteroatoms. The highest BCUT2D eigenvalue weighted by Gasteiger charge is 2.38. The zero-order valence-corrected chi connectivity index (χ0v) is 20.4. The van der Waals surface area contributed by atoms with E-state index in [4.69, 9.17) is 16.3 Å². The Morgan fingerprint density at radius 2 is 1.81 bits per heavy atom. The molecule has 0 aliphatic carbocycles. The summed E-state index contributed by atoms with van der Waals surface area (Å²) < 4.78 is 57.3. The van der Waals surface area contributed by atoms with Crippen molar-refractivity contribution in [2.45, 2.75) is 43.4 Å². The molecule has 174 valence electrons. The molecule has 9 nitrogen and oxygen atoms in total. The SMILES string of the molecule is C[C@@H]1CN(S(=O)(=O)c2cc(C(=O)N([C@@H]3CCS(=O)(=O)C3)N(C)C)ccc2Cl)C[C@@H](C)O1. The number of ether oxygens (including phenoxy) is 1. The van der Waals surface area contributed by atoms with Crippen LogP contribution in [0.5, 0.6) is 0 Å². The molecule has 2 aliphatic rings. The Hall–Kier alpha value is -1.24. The number of nitrogens with zero attached hydrogens (tertiary/aromatic N) is 3. The van der Waals surface area contributed by atoms with Crippen LogP contribution in [-0.4, -0.2) is 94.0 Å². The molecule has 2 saturated heterocycles. The summed E-state index contributed by atoms with van der Waals surface area (Å²) in [5, 5.41) is 2.91. The molecule has 0 unspecified atom stereocenters. The number of carbonyl (C=O) groups excluding carboxylic acids is 1. The second kappa shape index (κ2) is 8.95. The maximum absolute atomic E-state index is 13.3. The first-order valence-corrected chi connectivity index (χ1v) is 13.6. The number of sulfone groups is 1. The predicted octanol–water partition coefficient (Wildman–Crippen LogP) is 1.24. The molecule has 0 saturated carbocycles. The number of amides is 1. The molecular weight excluding hydrogens is 466 g/mol. The van der Waals surface area contributed by atoms with E-state index in [0.29, 0.717) is 6.42 Å². The van der Waals surface area contributed by atoms with Crippen molar-refractivity contribution < 1.29 is 26.4 Å². The first-order chi connectivity index (χ1) is 14.3. The fourth-order valence-corrected chi connectivity index (χ4v) is 7.86. The van der Waals surface area contributed by atoms with E-state index in [2.05, 4.69) is 0 Å². The predicted molar refractivity (Wildman–Crippen MR) is 117 cm³/mol. The van der Waals surface area contributed by atoms with Crippen molar-refractivity contribution in [3.05, 3.63) is 28.8 Å². The lowest BCUT2D eigenvalue weighted by Gasteiger charge is -2.35. The second-order valence-corrected chi connectivity index (χ2v) is 12.8. The molecule has 2 fully saturated rings. The highest BCUT2D eigenvalue weighted by Crippen LogP contribution is 2.29. The molecule has 0 aromatic heterocycles. The van der Waals surface area contributed by atoms with Crippen LogP contribution in [0, 0.1) is 0 Å². The van der Waals surface area contributed by atoms with E-state index < -0.39 is 31.8 Å². The summed E-state index contributed by atoms with van der Waals surface area (Å²) in [6, 6.07) is 3.59. The van der Waals surface area contributed by atoms with Gasteiger partial charge in [0.1, 0.15) is 4.90 Å². The Labute approximate surface area is 188 Å². The van der Waals surface area contributed by atoms with Crippen LogP contribution in [0.3, 0.4) is 0 Å². The zero-order valence-electron chi connectivity index (χ0n) is 18.0. The van der Waals surface area contributed by atoms with E-state index in [1.807, 2.05) is 0 Å². The minimum absolute atomic E-state index is 0.0168. The lowest BCUT2D eigenvalue weighted by molar-refractivity contribution is -0.0440. The van der Waals surface area contributed by atoms with E-state index in [0.717, 1.165) is 0 Å². The summed E-state index contributed by atoms with van der Waals surface area (Å²) in [7, 11) is -3.87. The molecule has 3 rings (SSSR count). The largest absolute Gasteiger partial charge is 0.373 e. The highest BCUT2D eigenvalue weighted by molar-refractivity contribution is 7.91. The van der Waals surface area contributed by atoms with Crippen LogP contribution in [0.4, 0.5) is 0 Å². The second-order valence-electron chi connectivity index (χ2n) is 8.28. The van der Waals surface area contributed by atoms with Crippen molar-refractivity contribution in [2.75, 3.05) is 38.7 Å². The van der Waals surface area contributed by atoms with Gasteiger partial charge < -0.3 is 4.74 Å². The average Bonchev–Trinajstić information content (AvgIpc) is 3.00. The fraction of sp³-hybridized carbons (Fsp3) is 0.632. The van der Waals surface area contributed by atoms with Gasteiger partial charge in [-0.1, -0.05) is 11.6 Å². The number of hydrogen-bond acceptors (Lipinski definition) is 7. The minimum atomic E-state index is -3.96. The Bertz CT molecular complexity index is 1050. The van der Waals surface area contributed by atoms with Gasteiger partial charge in [0.2, 0.25) is 10.0 Å². The number of hydrogen-bond donors (Lipinski definition) is 0. The van der Waals surface area contributed by atoms with Gasteiger partial charge in [0.15, 0.2) is 9.84 Å². The number of morpholine rings is 1. The van der Waals surface area contributed by atoms with E-state index in [9.17, 15) is 21.6 Å². The maximum Gasteiger partial charge on any atom is 0.268 e. The van der Waals surface area contributed by atoms with Gasteiger partial charge in [-0.3, -0.25) is 9.80 Å². The number of carbonyl (C=O) groups is 1. The molecule has 0 radical (unpaired) electrons. The van der Waals surface area contributed by atoms with Gasteiger partial charge in [-0.25, -0.2) is 21.8 Å². The van der Waals surface area contributed by atoms with Crippen LogP contribution in [-0.2, 0) is 24.6 Å². The summed E-state index contributed by atoms with van der Waals surface area (Å²) in [6.45, 7) is 3.96.